The van der Waals surface area contributed by atoms with Gasteiger partial charge >= 0.3 is 5.97 Å². The first-order chi connectivity index (χ1) is 16.4. The molecule has 1 N–H and O–H groups in total. The Balaban J connectivity index is 1.39. The predicted molar refractivity (Wildman–Crippen MR) is 121 cm³/mol. The number of carbonyl (C=O) groups is 3. The molecule has 2 amide bonds. The van der Waals surface area contributed by atoms with Crippen LogP contribution in [-0.4, -0.2) is 66.7 Å². The van der Waals surface area contributed by atoms with Gasteiger partial charge in [-0.15, -0.1) is 0 Å². The Morgan fingerprint density at radius 3 is 2.71 bits per heavy atom. The van der Waals surface area contributed by atoms with Crippen LogP contribution in [0.3, 0.4) is 0 Å². The van der Waals surface area contributed by atoms with Crippen LogP contribution in [0.2, 0.25) is 0 Å². The fourth-order valence-electron chi connectivity index (χ4n) is 4.49. The maximum atomic E-state index is 13.9. The monoisotopic (exact) mass is 470 g/mol. The average Bonchev–Trinajstić information content (AvgIpc) is 3.24. The summed E-state index contributed by atoms with van der Waals surface area (Å²) in [6.07, 6.45) is 0.447. The number of fused-ring (bicyclic) bond motifs is 1. The zero-order valence-electron chi connectivity index (χ0n) is 18.9. The fraction of sp³-hybridized carbons (Fsp3) is 0.400. The minimum Gasteiger partial charge on any atom is -0.497 e. The first-order valence-electron chi connectivity index (χ1n) is 11.2. The highest BCUT2D eigenvalue weighted by atomic mass is 19.1. The molecule has 2 aliphatic rings. The molecule has 0 spiro atoms. The van der Waals surface area contributed by atoms with Gasteiger partial charge < -0.3 is 24.4 Å². The number of methoxy groups -OCH3 is 1. The number of ether oxygens (including phenoxy) is 2. The van der Waals surface area contributed by atoms with E-state index in [4.69, 9.17) is 9.47 Å². The lowest BCUT2D eigenvalue weighted by molar-refractivity contribution is -0.155. The Bertz CT molecular complexity index is 1090. The number of esters is 1. The number of nitrogens with zero attached hydrogens (tertiary/aromatic N) is 2. The van der Waals surface area contributed by atoms with Gasteiger partial charge in [0.25, 0.3) is 5.91 Å². The number of aliphatic hydroxyl groups excluding tert-OH is 1. The van der Waals surface area contributed by atoms with Crippen molar-refractivity contribution >= 4 is 23.5 Å². The largest absolute Gasteiger partial charge is 0.497 e. The molecule has 4 rings (SSSR count). The number of amides is 2. The molecule has 0 bridgehead atoms. The summed E-state index contributed by atoms with van der Waals surface area (Å²) in [5.74, 6) is -1.44. The van der Waals surface area contributed by atoms with Crippen molar-refractivity contribution in [3.63, 3.8) is 0 Å². The quantitative estimate of drug-likeness (QED) is 0.648. The van der Waals surface area contributed by atoms with Crippen LogP contribution in [0.25, 0.3) is 0 Å². The Morgan fingerprint density at radius 2 is 1.94 bits per heavy atom. The first-order valence-corrected chi connectivity index (χ1v) is 11.2. The second kappa shape index (κ2) is 10.2. The summed E-state index contributed by atoms with van der Waals surface area (Å²) in [5.41, 5.74) is 1.94. The predicted octanol–water partition coefficient (Wildman–Crippen LogP) is 1.86. The normalized spacial score (nSPS) is 19.5. The van der Waals surface area contributed by atoms with Gasteiger partial charge in [-0.25, -0.2) is 9.18 Å². The van der Waals surface area contributed by atoms with E-state index in [9.17, 15) is 23.9 Å². The van der Waals surface area contributed by atoms with Crippen molar-refractivity contribution in [1.29, 1.82) is 0 Å². The molecule has 2 aromatic carbocycles. The summed E-state index contributed by atoms with van der Waals surface area (Å²) < 4.78 is 24.5. The molecule has 2 aliphatic heterocycles. The molecule has 1 saturated heterocycles. The molecule has 2 unspecified atom stereocenters. The Kier molecular flexibility index (Phi) is 7.12. The summed E-state index contributed by atoms with van der Waals surface area (Å²) in [7, 11) is 1.58. The summed E-state index contributed by atoms with van der Waals surface area (Å²) in [4.78, 5) is 41.1. The number of aryl methyl sites for hydroxylation is 1. The van der Waals surface area contributed by atoms with Gasteiger partial charge in [-0.05, 0) is 48.2 Å². The SMILES string of the molecule is COc1ccc2c(c1)CCCN2C(=O)COC(=O)C1CC(O)CN1C(=O)Cc1ccccc1F. The van der Waals surface area contributed by atoms with E-state index in [0.29, 0.717) is 12.3 Å². The molecule has 0 radical (unpaired) electrons. The van der Waals surface area contributed by atoms with E-state index in [1.807, 2.05) is 12.1 Å². The van der Waals surface area contributed by atoms with Crippen molar-refractivity contribution in [3.05, 3.63) is 59.4 Å². The lowest BCUT2D eigenvalue weighted by Gasteiger charge is -2.30. The Hall–Kier alpha value is -3.46. The van der Waals surface area contributed by atoms with Gasteiger partial charge in [0.05, 0.1) is 19.6 Å². The first kappa shape index (κ1) is 23.7. The van der Waals surface area contributed by atoms with Crippen molar-refractivity contribution in [2.24, 2.45) is 0 Å². The lowest BCUT2D eigenvalue weighted by Crippen LogP contribution is -2.44. The summed E-state index contributed by atoms with van der Waals surface area (Å²) >= 11 is 0. The number of hydrogen-bond acceptors (Lipinski definition) is 6. The topological polar surface area (TPSA) is 96.4 Å². The maximum absolute atomic E-state index is 13.9. The Labute approximate surface area is 196 Å². The van der Waals surface area contributed by atoms with Gasteiger partial charge in [0.2, 0.25) is 5.91 Å². The highest BCUT2D eigenvalue weighted by Crippen LogP contribution is 2.30. The third kappa shape index (κ3) is 5.04. The van der Waals surface area contributed by atoms with E-state index < -0.39 is 36.4 Å². The van der Waals surface area contributed by atoms with Crippen molar-refractivity contribution in [1.82, 2.24) is 4.90 Å². The highest BCUT2D eigenvalue weighted by Gasteiger charge is 2.40. The third-order valence-electron chi connectivity index (χ3n) is 6.22. The zero-order valence-corrected chi connectivity index (χ0v) is 18.9. The molecule has 8 nitrogen and oxygen atoms in total. The van der Waals surface area contributed by atoms with Crippen LogP contribution < -0.4 is 9.64 Å². The van der Waals surface area contributed by atoms with E-state index in [2.05, 4.69) is 0 Å². The van der Waals surface area contributed by atoms with Crippen molar-refractivity contribution in [2.45, 2.75) is 37.8 Å². The number of carbonyl (C=O) groups excluding carboxylic acids is 3. The number of anilines is 1. The van der Waals surface area contributed by atoms with Gasteiger partial charge in [0.15, 0.2) is 6.61 Å². The molecule has 9 heteroatoms. The number of benzene rings is 2. The van der Waals surface area contributed by atoms with Crippen molar-refractivity contribution < 1.29 is 33.4 Å². The minimum atomic E-state index is -1.03. The number of aliphatic hydroxyl groups is 1. The van der Waals surface area contributed by atoms with E-state index in [0.717, 1.165) is 24.1 Å². The van der Waals surface area contributed by atoms with Crippen LogP contribution in [0.15, 0.2) is 42.5 Å². The number of rotatable bonds is 6. The van der Waals surface area contributed by atoms with Crippen LogP contribution >= 0.6 is 0 Å². The van der Waals surface area contributed by atoms with E-state index in [-0.39, 0.29) is 30.9 Å². The second-order valence-electron chi connectivity index (χ2n) is 8.47. The molecule has 1 fully saturated rings. The summed E-state index contributed by atoms with van der Waals surface area (Å²) in [6, 6.07) is 10.3. The second-order valence-corrected chi connectivity index (χ2v) is 8.47. The van der Waals surface area contributed by atoms with Crippen molar-refractivity contribution in [2.75, 3.05) is 31.7 Å². The van der Waals surface area contributed by atoms with Crippen LogP contribution in [0.5, 0.6) is 5.75 Å². The average molecular weight is 470 g/mol. The van der Waals surface area contributed by atoms with E-state index >= 15 is 0 Å². The maximum Gasteiger partial charge on any atom is 0.329 e. The number of halogens is 1. The molecule has 0 saturated carbocycles. The van der Waals surface area contributed by atoms with Gasteiger partial charge in [0, 0.05) is 25.2 Å². The lowest BCUT2D eigenvalue weighted by atomic mass is 10.0. The number of likely N-dealkylation sites (tertiary alicyclic amines) is 1. The van der Waals surface area contributed by atoms with E-state index in [1.165, 1.54) is 23.1 Å². The van der Waals surface area contributed by atoms with Gasteiger partial charge in [-0.2, -0.15) is 0 Å². The summed E-state index contributed by atoms with van der Waals surface area (Å²) in [5, 5.41) is 10.1. The molecule has 2 aromatic rings. The van der Waals surface area contributed by atoms with Crippen LogP contribution in [0.1, 0.15) is 24.0 Å². The molecule has 0 aromatic heterocycles. The van der Waals surface area contributed by atoms with Gasteiger partial charge in [-0.1, -0.05) is 18.2 Å². The number of β-amino-alcohol motifs (C(OH)–C–C–N with tert-alkyl or cyclic N) is 1. The van der Waals surface area contributed by atoms with E-state index in [1.54, 1.807) is 24.1 Å². The molecular weight excluding hydrogens is 443 g/mol. The van der Waals surface area contributed by atoms with Gasteiger partial charge in [0.1, 0.15) is 17.6 Å². The molecule has 2 atom stereocenters. The molecule has 180 valence electrons. The summed E-state index contributed by atoms with van der Waals surface area (Å²) in [6.45, 7) is -0.0281. The van der Waals surface area contributed by atoms with Crippen molar-refractivity contribution in [3.8, 4) is 5.75 Å². The van der Waals surface area contributed by atoms with Crippen LogP contribution in [0.4, 0.5) is 10.1 Å². The highest BCUT2D eigenvalue weighted by molar-refractivity contribution is 5.97. The standard InChI is InChI=1S/C25H27FN2O6/c1-33-19-8-9-21-17(11-19)6-4-10-27(21)24(31)15-34-25(32)22-13-18(29)14-28(22)23(30)12-16-5-2-3-7-20(16)26/h2-3,5,7-9,11,18,22,29H,4,6,10,12-15H2,1H3. The molecule has 34 heavy (non-hydrogen) atoms. The zero-order chi connectivity index (χ0) is 24.2. The number of hydrogen-bond donors (Lipinski definition) is 1. The molecule has 2 heterocycles. The molecule has 0 aliphatic carbocycles. The Morgan fingerprint density at radius 1 is 1.15 bits per heavy atom. The van der Waals surface area contributed by atoms with Crippen LogP contribution in [-0.2, 0) is 32.0 Å². The smallest absolute Gasteiger partial charge is 0.329 e. The minimum absolute atomic E-state index is 0.00236. The fourth-order valence-corrected chi connectivity index (χ4v) is 4.49. The van der Waals surface area contributed by atoms with Crippen LogP contribution in [0, 0.1) is 5.82 Å². The molecular formula is C25H27FN2O6. The van der Waals surface area contributed by atoms with Gasteiger partial charge in [-0.3, -0.25) is 9.59 Å². The third-order valence-corrected chi connectivity index (χ3v) is 6.22.